The molecule has 0 amide bonds. The Balaban J connectivity index is 1.84. The van der Waals surface area contributed by atoms with Crippen molar-refractivity contribution in [3.05, 3.63) is 60.2 Å². The summed E-state index contributed by atoms with van der Waals surface area (Å²) in [5.41, 5.74) is 3.77. The number of benzene rings is 2. The van der Waals surface area contributed by atoms with Gasteiger partial charge in [0, 0.05) is 18.3 Å². The molecule has 2 unspecified atom stereocenters. The van der Waals surface area contributed by atoms with Gasteiger partial charge in [0.2, 0.25) is 0 Å². The molecule has 2 atom stereocenters. The highest BCUT2D eigenvalue weighted by Crippen LogP contribution is 2.39. The molecule has 0 aromatic heterocycles. The van der Waals surface area contributed by atoms with Crippen molar-refractivity contribution in [2.75, 3.05) is 0 Å². The lowest BCUT2D eigenvalue weighted by molar-refractivity contribution is -0.130. The number of rotatable bonds is 2. The number of carbonyl (C=O) groups excluding carboxylic acids is 1. The van der Waals surface area contributed by atoms with Gasteiger partial charge in [0.15, 0.2) is 0 Å². The van der Waals surface area contributed by atoms with Crippen LogP contribution < -0.4 is 0 Å². The SMILES string of the molecule is CC1C(=O)CC1c1ccc(-c2ccccc2)cc1. The highest BCUT2D eigenvalue weighted by molar-refractivity contribution is 5.89. The van der Waals surface area contributed by atoms with Crippen LogP contribution in [-0.4, -0.2) is 5.78 Å². The number of ketones is 1. The molecule has 0 N–H and O–H groups in total. The van der Waals surface area contributed by atoms with Gasteiger partial charge in [0.1, 0.15) is 5.78 Å². The fourth-order valence-corrected chi connectivity index (χ4v) is 2.60. The zero-order valence-electron chi connectivity index (χ0n) is 10.5. The van der Waals surface area contributed by atoms with Crippen molar-refractivity contribution in [1.82, 2.24) is 0 Å². The first-order chi connectivity index (χ1) is 8.75. The minimum atomic E-state index is 0.201. The second-order valence-electron chi connectivity index (χ2n) is 5.05. The van der Waals surface area contributed by atoms with Gasteiger partial charge < -0.3 is 0 Å². The van der Waals surface area contributed by atoms with Crippen LogP contribution in [0.3, 0.4) is 0 Å². The van der Waals surface area contributed by atoms with E-state index in [1.54, 1.807) is 0 Å². The molecule has 2 aromatic rings. The lowest BCUT2D eigenvalue weighted by Gasteiger charge is -2.32. The Morgan fingerprint density at radius 3 is 2.06 bits per heavy atom. The van der Waals surface area contributed by atoms with E-state index in [1.807, 2.05) is 13.0 Å². The molecule has 90 valence electrons. The third kappa shape index (κ3) is 1.86. The standard InChI is InChI=1S/C17H16O/c1-12-16(11-17(12)18)15-9-7-14(8-10-15)13-5-3-2-4-6-13/h2-10,12,16H,11H2,1H3. The van der Waals surface area contributed by atoms with Gasteiger partial charge in [-0.25, -0.2) is 0 Å². The van der Waals surface area contributed by atoms with E-state index in [2.05, 4.69) is 48.5 Å². The maximum atomic E-state index is 11.3. The van der Waals surface area contributed by atoms with Gasteiger partial charge in [0.25, 0.3) is 0 Å². The summed E-state index contributed by atoms with van der Waals surface area (Å²) in [4.78, 5) is 11.3. The summed E-state index contributed by atoms with van der Waals surface area (Å²) in [5, 5.41) is 0. The van der Waals surface area contributed by atoms with Crippen molar-refractivity contribution in [3.8, 4) is 11.1 Å². The normalized spacial score (nSPS) is 22.6. The molecule has 2 aromatic carbocycles. The van der Waals surface area contributed by atoms with E-state index < -0.39 is 0 Å². The molecule has 0 spiro atoms. The van der Waals surface area contributed by atoms with Crippen LogP contribution in [0, 0.1) is 5.92 Å². The molecule has 18 heavy (non-hydrogen) atoms. The number of Topliss-reactive ketones (excluding diaryl/α,β-unsaturated/α-hetero) is 1. The first-order valence-corrected chi connectivity index (χ1v) is 6.44. The Bertz CT molecular complexity index is 554. The molecule has 0 aliphatic heterocycles. The second kappa shape index (κ2) is 4.41. The molecule has 0 heterocycles. The van der Waals surface area contributed by atoms with E-state index in [0.29, 0.717) is 18.1 Å². The summed E-state index contributed by atoms with van der Waals surface area (Å²) in [6, 6.07) is 19.0. The smallest absolute Gasteiger partial charge is 0.136 e. The summed E-state index contributed by atoms with van der Waals surface area (Å²) in [7, 11) is 0. The van der Waals surface area contributed by atoms with Gasteiger partial charge in [0.05, 0.1) is 0 Å². The Labute approximate surface area is 107 Å². The molecule has 1 aliphatic rings. The zero-order valence-corrected chi connectivity index (χ0v) is 10.5. The Kier molecular flexibility index (Phi) is 2.75. The first kappa shape index (κ1) is 11.2. The summed E-state index contributed by atoms with van der Waals surface area (Å²) >= 11 is 0. The maximum absolute atomic E-state index is 11.3. The average Bonchev–Trinajstić information content (AvgIpc) is 2.45. The quantitative estimate of drug-likeness (QED) is 0.769. The molecular formula is C17H16O. The Morgan fingerprint density at radius 1 is 0.889 bits per heavy atom. The van der Waals surface area contributed by atoms with Crippen LogP contribution in [0.15, 0.2) is 54.6 Å². The summed E-state index contributed by atoms with van der Waals surface area (Å²) in [6.45, 7) is 2.03. The summed E-state index contributed by atoms with van der Waals surface area (Å²) in [5.74, 6) is 1.03. The Morgan fingerprint density at radius 2 is 1.50 bits per heavy atom. The van der Waals surface area contributed by atoms with E-state index in [4.69, 9.17) is 0 Å². The number of carbonyl (C=O) groups is 1. The van der Waals surface area contributed by atoms with E-state index in [-0.39, 0.29) is 5.92 Å². The van der Waals surface area contributed by atoms with Gasteiger partial charge in [-0.2, -0.15) is 0 Å². The van der Waals surface area contributed by atoms with Gasteiger partial charge >= 0.3 is 0 Å². The van der Waals surface area contributed by atoms with E-state index in [1.165, 1.54) is 16.7 Å². The van der Waals surface area contributed by atoms with Crippen molar-refractivity contribution in [3.63, 3.8) is 0 Å². The van der Waals surface area contributed by atoms with Crippen LogP contribution in [0.25, 0.3) is 11.1 Å². The largest absolute Gasteiger partial charge is 0.299 e. The van der Waals surface area contributed by atoms with E-state index in [9.17, 15) is 4.79 Å². The monoisotopic (exact) mass is 236 g/mol. The lowest BCUT2D eigenvalue weighted by Crippen LogP contribution is -2.32. The highest BCUT2D eigenvalue weighted by atomic mass is 16.1. The van der Waals surface area contributed by atoms with Gasteiger partial charge in [-0.15, -0.1) is 0 Å². The minimum Gasteiger partial charge on any atom is -0.299 e. The molecule has 1 aliphatic carbocycles. The van der Waals surface area contributed by atoms with E-state index in [0.717, 1.165) is 0 Å². The van der Waals surface area contributed by atoms with Crippen LogP contribution in [0.5, 0.6) is 0 Å². The molecule has 1 nitrogen and oxygen atoms in total. The maximum Gasteiger partial charge on any atom is 0.136 e. The van der Waals surface area contributed by atoms with Crippen LogP contribution in [0.2, 0.25) is 0 Å². The second-order valence-corrected chi connectivity index (χ2v) is 5.05. The molecular weight excluding hydrogens is 220 g/mol. The van der Waals surface area contributed by atoms with Crippen LogP contribution in [-0.2, 0) is 4.79 Å². The van der Waals surface area contributed by atoms with E-state index >= 15 is 0 Å². The molecule has 0 radical (unpaired) electrons. The van der Waals surface area contributed by atoms with Gasteiger partial charge in [-0.3, -0.25) is 4.79 Å². The van der Waals surface area contributed by atoms with Crippen molar-refractivity contribution in [2.45, 2.75) is 19.3 Å². The van der Waals surface area contributed by atoms with Crippen molar-refractivity contribution in [2.24, 2.45) is 5.92 Å². The molecule has 0 bridgehead atoms. The summed E-state index contributed by atoms with van der Waals surface area (Å²) < 4.78 is 0. The topological polar surface area (TPSA) is 17.1 Å². The number of hydrogen-bond acceptors (Lipinski definition) is 1. The highest BCUT2D eigenvalue weighted by Gasteiger charge is 2.36. The van der Waals surface area contributed by atoms with Crippen LogP contribution >= 0.6 is 0 Å². The first-order valence-electron chi connectivity index (χ1n) is 6.44. The predicted molar refractivity (Wildman–Crippen MR) is 73.4 cm³/mol. The van der Waals surface area contributed by atoms with Gasteiger partial charge in [-0.1, -0.05) is 61.5 Å². The molecule has 0 saturated heterocycles. The predicted octanol–water partition coefficient (Wildman–Crippen LogP) is 4.05. The minimum absolute atomic E-state index is 0.201. The fourth-order valence-electron chi connectivity index (χ4n) is 2.60. The summed E-state index contributed by atoms with van der Waals surface area (Å²) in [6.07, 6.45) is 0.714. The lowest BCUT2D eigenvalue weighted by atomic mass is 9.70. The van der Waals surface area contributed by atoms with Crippen LogP contribution in [0.4, 0.5) is 0 Å². The van der Waals surface area contributed by atoms with Crippen LogP contribution in [0.1, 0.15) is 24.8 Å². The van der Waals surface area contributed by atoms with Crippen molar-refractivity contribution >= 4 is 5.78 Å². The molecule has 1 fully saturated rings. The zero-order chi connectivity index (χ0) is 12.5. The average molecular weight is 236 g/mol. The third-order valence-electron chi connectivity index (χ3n) is 3.98. The number of hydrogen-bond donors (Lipinski definition) is 0. The fraction of sp³-hybridized carbons (Fsp3) is 0.235. The molecule has 1 heteroatoms. The van der Waals surface area contributed by atoms with Crippen molar-refractivity contribution in [1.29, 1.82) is 0 Å². The third-order valence-corrected chi connectivity index (χ3v) is 3.98. The Hall–Kier alpha value is -1.89. The molecule has 3 rings (SSSR count). The van der Waals surface area contributed by atoms with Gasteiger partial charge in [-0.05, 0) is 16.7 Å². The van der Waals surface area contributed by atoms with Crippen molar-refractivity contribution < 1.29 is 4.79 Å². The molecule has 1 saturated carbocycles.